The summed E-state index contributed by atoms with van der Waals surface area (Å²) in [4.78, 5) is 21.0. The SMILES string of the molecule is Cn1cc(-c2ccc3nc(NC(=O)NCCc4noc(C(C)(C)CO)n4)sc3c2)cn1. The predicted molar refractivity (Wildman–Crippen MR) is 117 cm³/mol. The molecule has 162 valence electrons. The number of fused-ring (bicyclic) bond motifs is 1. The first-order valence-corrected chi connectivity index (χ1v) is 10.5. The van der Waals surface area contributed by atoms with Crippen molar-refractivity contribution in [2.24, 2.45) is 7.05 Å². The molecule has 0 saturated heterocycles. The fraction of sp³-hybridized carbons (Fsp3) is 0.350. The van der Waals surface area contributed by atoms with Crippen molar-refractivity contribution in [1.82, 2.24) is 30.2 Å². The van der Waals surface area contributed by atoms with Gasteiger partial charge in [0, 0.05) is 31.8 Å². The Balaban J connectivity index is 1.33. The number of nitrogens with zero attached hydrogens (tertiary/aromatic N) is 5. The van der Waals surface area contributed by atoms with Gasteiger partial charge in [-0.1, -0.05) is 22.6 Å². The molecular weight excluding hydrogens is 418 g/mol. The minimum atomic E-state index is -0.597. The summed E-state index contributed by atoms with van der Waals surface area (Å²) in [5, 5.41) is 23.5. The van der Waals surface area contributed by atoms with E-state index in [0.717, 1.165) is 21.3 Å². The average molecular weight is 442 g/mol. The number of amides is 2. The smallest absolute Gasteiger partial charge is 0.321 e. The number of thiazole rings is 1. The van der Waals surface area contributed by atoms with Gasteiger partial charge in [0.1, 0.15) is 0 Å². The molecule has 0 aliphatic carbocycles. The van der Waals surface area contributed by atoms with Crippen molar-refractivity contribution in [3.05, 3.63) is 42.3 Å². The number of aromatic nitrogens is 5. The van der Waals surface area contributed by atoms with E-state index < -0.39 is 5.41 Å². The van der Waals surface area contributed by atoms with Crippen LogP contribution in [0, 0.1) is 0 Å². The lowest BCUT2D eigenvalue weighted by Gasteiger charge is -2.14. The molecule has 1 aromatic carbocycles. The number of benzene rings is 1. The fourth-order valence-corrected chi connectivity index (χ4v) is 3.76. The Labute approximate surface area is 182 Å². The molecule has 0 unspecified atom stereocenters. The van der Waals surface area contributed by atoms with E-state index in [-0.39, 0.29) is 12.6 Å². The van der Waals surface area contributed by atoms with Crippen molar-refractivity contribution in [1.29, 1.82) is 0 Å². The molecule has 0 atom stereocenters. The first-order valence-electron chi connectivity index (χ1n) is 9.72. The third-order valence-corrected chi connectivity index (χ3v) is 5.66. The van der Waals surface area contributed by atoms with Crippen molar-refractivity contribution >= 4 is 32.7 Å². The van der Waals surface area contributed by atoms with E-state index in [9.17, 15) is 9.90 Å². The highest BCUT2D eigenvalue weighted by Crippen LogP contribution is 2.30. The standard InChI is InChI=1S/C20H23N7O3S/c1-20(2,11-28)17-24-16(26-30-17)6-7-21-18(29)25-19-23-14-5-4-12(8-15(14)31-19)13-9-22-27(3)10-13/h4-5,8-10,28H,6-7,11H2,1-3H3,(H2,21,23,25,29). The molecule has 10 nitrogen and oxygen atoms in total. The number of anilines is 1. The van der Waals surface area contributed by atoms with Gasteiger partial charge in [-0.25, -0.2) is 9.78 Å². The Morgan fingerprint density at radius 3 is 2.87 bits per heavy atom. The summed E-state index contributed by atoms with van der Waals surface area (Å²) in [6.07, 6.45) is 4.17. The van der Waals surface area contributed by atoms with Gasteiger partial charge in [0.2, 0.25) is 5.89 Å². The average Bonchev–Trinajstić information content (AvgIpc) is 3.46. The second-order valence-corrected chi connectivity index (χ2v) is 8.82. The van der Waals surface area contributed by atoms with E-state index in [4.69, 9.17) is 4.52 Å². The van der Waals surface area contributed by atoms with E-state index in [0.29, 0.717) is 29.8 Å². The number of carbonyl (C=O) groups excluding carboxylic acids is 1. The molecule has 4 aromatic rings. The topological polar surface area (TPSA) is 131 Å². The van der Waals surface area contributed by atoms with Crippen LogP contribution in [-0.4, -0.2) is 49.2 Å². The molecular formula is C20H23N7O3S. The van der Waals surface area contributed by atoms with Gasteiger partial charge in [-0.3, -0.25) is 10.00 Å². The molecule has 0 aliphatic heterocycles. The lowest BCUT2D eigenvalue weighted by atomic mass is 9.95. The van der Waals surface area contributed by atoms with E-state index in [1.807, 2.05) is 51.5 Å². The number of aliphatic hydroxyl groups is 1. The molecule has 0 bridgehead atoms. The number of carbonyl (C=O) groups is 1. The van der Waals surface area contributed by atoms with Crippen LogP contribution in [0.4, 0.5) is 9.93 Å². The molecule has 3 heterocycles. The van der Waals surface area contributed by atoms with Crippen LogP contribution in [0.15, 0.2) is 35.1 Å². The second-order valence-electron chi connectivity index (χ2n) is 7.79. The number of nitrogens with one attached hydrogen (secondary N) is 2. The molecule has 11 heteroatoms. The molecule has 0 aliphatic rings. The van der Waals surface area contributed by atoms with Crippen LogP contribution in [0.25, 0.3) is 21.3 Å². The fourth-order valence-electron chi connectivity index (χ4n) is 2.86. The van der Waals surface area contributed by atoms with Crippen LogP contribution in [0.3, 0.4) is 0 Å². The van der Waals surface area contributed by atoms with Crippen molar-refractivity contribution in [3.63, 3.8) is 0 Å². The quantitative estimate of drug-likeness (QED) is 0.402. The van der Waals surface area contributed by atoms with Crippen LogP contribution < -0.4 is 10.6 Å². The Morgan fingerprint density at radius 1 is 1.29 bits per heavy atom. The number of rotatable bonds is 7. The van der Waals surface area contributed by atoms with Gasteiger partial charge < -0.3 is 14.9 Å². The Kier molecular flexibility index (Phi) is 5.70. The van der Waals surface area contributed by atoms with E-state index >= 15 is 0 Å². The van der Waals surface area contributed by atoms with E-state index in [1.165, 1.54) is 11.3 Å². The van der Waals surface area contributed by atoms with Gasteiger partial charge in [0.25, 0.3) is 0 Å². The zero-order chi connectivity index (χ0) is 22.0. The van der Waals surface area contributed by atoms with Crippen LogP contribution in [-0.2, 0) is 18.9 Å². The maximum Gasteiger partial charge on any atom is 0.321 e. The first kappa shape index (κ1) is 20.9. The normalized spacial score (nSPS) is 11.7. The van der Waals surface area contributed by atoms with Gasteiger partial charge in [0.15, 0.2) is 11.0 Å². The molecule has 3 N–H and O–H groups in total. The maximum absolute atomic E-state index is 12.2. The van der Waals surface area contributed by atoms with Crippen molar-refractivity contribution in [2.75, 3.05) is 18.5 Å². The summed E-state index contributed by atoms with van der Waals surface area (Å²) in [6.45, 7) is 3.86. The molecule has 0 fully saturated rings. The number of urea groups is 1. The van der Waals surface area contributed by atoms with Crippen molar-refractivity contribution in [2.45, 2.75) is 25.7 Å². The van der Waals surface area contributed by atoms with Crippen LogP contribution in [0.1, 0.15) is 25.6 Å². The Bertz CT molecular complexity index is 1210. The number of hydrogen-bond acceptors (Lipinski definition) is 8. The van der Waals surface area contributed by atoms with E-state index in [1.54, 1.807) is 4.68 Å². The summed E-state index contributed by atoms with van der Waals surface area (Å²) < 4.78 is 7.92. The van der Waals surface area contributed by atoms with Crippen LogP contribution in [0.2, 0.25) is 0 Å². The number of aryl methyl sites for hydroxylation is 1. The predicted octanol–water partition coefficient (Wildman–Crippen LogP) is 2.71. The monoisotopic (exact) mass is 441 g/mol. The lowest BCUT2D eigenvalue weighted by molar-refractivity contribution is 0.182. The highest BCUT2D eigenvalue weighted by Gasteiger charge is 2.26. The number of aliphatic hydroxyl groups excluding tert-OH is 1. The zero-order valence-electron chi connectivity index (χ0n) is 17.4. The third kappa shape index (κ3) is 4.72. The summed E-state index contributed by atoms with van der Waals surface area (Å²) in [5.41, 5.74) is 2.29. The van der Waals surface area contributed by atoms with E-state index in [2.05, 4.69) is 30.9 Å². The summed E-state index contributed by atoms with van der Waals surface area (Å²) in [7, 11) is 1.88. The highest BCUT2D eigenvalue weighted by molar-refractivity contribution is 7.22. The second kappa shape index (κ2) is 8.44. The first-order chi connectivity index (χ1) is 14.8. The summed E-state index contributed by atoms with van der Waals surface area (Å²) in [6, 6.07) is 5.60. The summed E-state index contributed by atoms with van der Waals surface area (Å²) in [5.74, 6) is 0.842. The lowest BCUT2D eigenvalue weighted by Crippen LogP contribution is -2.30. The molecule has 31 heavy (non-hydrogen) atoms. The molecule has 0 saturated carbocycles. The molecule has 3 aromatic heterocycles. The van der Waals surface area contributed by atoms with Gasteiger partial charge in [-0.2, -0.15) is 10.1 Å². The molecule has 2 amide bonds. The number of hydrogen-bond donors (Lipinski definition) is 3. The van der Waals surface area contributed by atoms with Gasteiger partial charge >= 0.3 is 6.03 Å². The van der Waals surface area contributed by atoms with Gasteiger partial charge in [-0.15, -0.1) is 0 Å². The van der Waals surface area contributed by atoms with Crippen molar-refractivity contribution < 1.29 is 14.4 Å². The zero-order valence-corrected chi connectivity index (χ0v) is 18.2. The minimum absolute atomic E-state index is 0.0960. The Morgan fingerprint density at radius 2 is 2.13 bits per heavy atom. The minimum Gasteiger partial charge on any atom is -0.395 e. The highest BCUT2D eigenvalue weighted by atomic mass is 32.1. The molecule has 4 rings (SSSR count). The molecule has 0 radical (unpaired) electrons. The van der Waals surface area contributed by atoms with Crippen LogP contribution >= 0.6 is 11.3 Å². The van der Waals surface area contributed by atoms with Gasteiger partial charge in [-0.05, 0) is 31.5 Å². The molecule has 0 spiro atoms. The summed E-state index contributed by atoms with van der Waals surface area (Å²) >= 11 is 1.41. The Hall–Kier alpha value is -3.31. The third-order valence-electron chi connectivity index (χ3n) is 4.72. The largest absolute Gasteiger partial charge is 0.395 e. The van der Waals surface area contributed by atoms with Crippen LogP contribution in [0.5, 0.6) is 0 Å². The van der Waals surface area contributed by atoms with Gasteiger partial charge in [0.05, 0.1) is 28.4 Å². The maximum atomic E-state index is 12.2. The van der Waals surface area contributed by atoms with Crippen molar-refractivity contribution in [3.8, 4) is 11.1 Å².